The predicted molar refractivity (Wildman–Crippen MR) is 119 cm³/mol. The van der Waals surface area contributed by atoms with Crippen LogP contribution in [0.2, 0.25) is 0 Å². The van der Waals surface area contributed by atoms with Crippen LogP contribution in [0, 0.1) is 6.92 Å². The number of benzene rings is 2. The van der Waals surface area contributed by atoms with Crippen LogP contribution in [0.4, 0.5) is 10.5 Å². The Morgan fingerprint density at radius 3 is 2.44 bits per heavy atom. The number of rotatable bonds is 4. The van der Waals surface area contributed by atoms with Crippen molar-refractivity contribution in [2.45, 2.75) is 6.92 Å². The summed E-state index contributed by atoms with van der Waals surface area (Å²) < 4.78 is 6.54. The molecule has 0 unspecified atom stereocenters. The average Bonchev–Trinajstić information content (AvgIpc) is 3.20. The summed E-state index contributed by atoms with van der Waals surface area (Å²) in [5.41, 5.74) is 1.57. The van der Waals surface area contributed by atoms with E-state index >= 15 is 0 Å². The Bertz CT molecular complexity index is 1310. The molecule has 8 nitrogen and oxygen atoms in total. The monoisotopic (exact) mass is 494 g/mol. The van der Waals surface area contributed by atoms with E-state index in [9.17, 15) is 19.2 Å². The standard InChI is InChI=1S/C23H15BrN2O6/c1-12-10-13(22(29)30)2-8-17(12)19-9-7-16(32-19)11-18-20(27)25-23(31)26(21(18)28)15-5-3-14(24)4-6-15/h2-11H,1H3,(H,29,30)(H,25,27,31)/b18-11-. The largest absolute Gasteiger partial charge is 0.478 e. The topological polar surface area (TPSA) is 117 Å². The van der Waals surface area contributed by atoms with Crippen molar-refractivity contribution in [2.24, 2.45) is 0 Å². The summed E-state index contributed by atoms with van der Waals surface area (Å²) >= 11 is 3.29. The molecule has 1 fully saturated rings. The molecule has 4 amide bonds. The minimum absolute atomic E-state index is 0.155. The maximum absolute atomic E-state index is 12.9. The first-order valence-corrected chi connectivity index (χ1v) is 10.1. The van der Waals surface area contributed by atoms with Gasteiger partial charge in [0.05, 0.1) is 11.3 Å². The Kier molecular flexibility index (Phi) is 5.50. The third-order valence-electron chi connectivity index (χ3n) is 4.84. The first kappa shape index (κ1) is 21.3. The lowest BCUT2D eigenvalue weighted by Gasteiger charge is -2.26. The number of furan rings is 1. The fourth-order valence-corrected chi connectivity index (χ4v) is 3.54. The molecule has 4 rings (SSSR count). The summed E-state index contributed by atoms with van der Waals surface area (Å²) in [4.78, 5) is 49.5. The first-order valence-electron chi connectivity index (χ1n) is 9.36. The van der Waals surface area contributed by atoms with E-state index in [1.54, 1.807) is 49.4 Å². The van der Waals surface area contributed by atoms with Crippen molar-refractivity contribution in [3.8, 4) is 11.3 Å². The summed E-state index contributed by atoms with van der Waals surface area (Å²) in [6, 6.07) is 13.5. The number of aryl methyl sites for hydroxylation is 1. The molecule has 1 saturated heterocycles. The van der Waals surface area contributed by atoms with Gasteiger partial charge in [0, 0.05) is 10.0 Å². The summed E-state index contributed by atoms with van der Waals surface area (Å²) in [5.74, 6) is -1.97. The van der Waals surface area contributed by atoms with Crippen molar-refractivity contribution in [3.63, 3.8) is 0 Å². The Morgan fingerprint density at radius 2 is 1.78 bits per heavy atom. The van der Waals surface area contributed by atoms with Crippen LogP contribution in [-0.2, 0) is 9.59 Å². The highest BCUT2D eigenvalue weighted by atomic mass is 79.9. The zero-order chi connectivity index (χ0) is 23.0. The quantitative estimate of drug-likeness (QED) is 0.410. The molecular formula is C23H15BrN2O6. The molecule has 0 bridgehead atoms. The van der Waals surface area contributed by atoms with Gasteiger partial charge in [-0.3, -0.25) is 14.9 Å². The fraction of sp³-hybridized carbons (Fsp3) is 0.0435. The molecule has 0 aliphatic carbocycles. The second kappa shape index (κ2) is 8.27. The highest BCUT2D eigenvalue weighted by molar-refractivity contribution is 9.10. The number of nitrogens with one attached hydrogen (secondary N) is 1. The van der Waals surface area contributed by atoms with Crippen LogP contribution < -0.4 is 10.2 Å². The van der Waals surface area contributed by atoms with E-state index in [0.717, 1.165) is 9.37 Å². The number of hydrogen-bond acceptors (Lipinski definition) is 5. The minimum atomic E-state index is -1.03. The summed E-state index contributed by atoms with van der Waals surface area (Å²) in [7, 11) is 0. The van der Waals surface area contributed by atoms with Crippen molar-refractivity contribution < 1.29 is 28.7 Å². The Balaban J connectivity index is 1.66. The van der Waals surface area contributed by atoms with E-state index in [-0.39, 0.29) is 16.9 Å². The Hall–Kier alpha value is -3.98. The Morgan fingerprint density at radius 1 is 1.06 bits per heavy atom. The predicted octanol–water partition coefficient (Wildman–Crippen LogP) is 4.38. The number of amides is 4. The highest BCUT2D eigenvalue weighted by Crippen LogP contribution is 2.28. The van der Waals surface area contributed by atoms with Crippen molar-refractivity contribution in [1.29, 1.82) is 0 Å². The Labute approximate surface area is 190 Å². The maximum atomic E-state index is 12.9. The minimum Gasteiger partial charge on any atom is -0.478 e. The van der Waals surface area contributed by atoms with E-state index in [0.29, 0.717) is 22.6 Å². The molecule has 32 heavy (non-hydrogen) atoms. The molecule has 0 saturated carbocycles. The number of carboxylic acid groups (broad SMARTS) is 1. The molecule has 2 heterocycles. The zero-order valence-corrected chi connectivity index (χ0v) is 18.2. The molecule has 0 radical (unpaired) electrons. The number of aromatic carboxylic acids is 1. The van der Waals surface area contributed by atoms with Gasteiger partial charge in [-0.15, -0.1) is 0 Å². The smallest absolute Gasteiger partial charge is 0.335 e. The van der Waals surface area contributed by atoms with Crippen molar-refractivity contribution in [2.75, 3.05) is 4.90 Å². The lowest BCUT2D eigenvalue weighted by Crippen LogP contribution is -2.54. The number of urea groups is 1. The molecule has 0 spiro atoms. The van der Waals surface area contributed by atoms with Crippen LogP contribution >= 0.6 is 15.9 Å². The van der Waals surface area contributed by atoms with Gasteiger partial charge >= 0.3 is 12.0 Å². The molecule has 0 atom stereocenters. The highest BCUT2D eigenvalue weighted by Gasteiger charge is 2.37. The fourth-order valence-electron chi connectivity index (χ4n) is 3.27. The number of halogens is 1. The number of hydrogen-bond donors (Lipinski definition) is 2. The first-order chi connectivity index (χ1) is 15.2. The third kappa shape index (κ3) is 3.97. The van der Waals surface area contributed by atoms with Gasteiger partial charge in [0.2, 0.25) is 0 Å². The lowest BCUT2D eigenvalue weighted by atomic mass is 10.0. The van der Waals surface area contributed by atoms with Crippen LogP contribution in [0.15, 0.2) is 69.1 Å². The van der Waals surface area contributed by atoms with E-state index < -0.39 is 23.8 Å². The summed E-state index contributed by atoms with van der Waals surface area (Å²) in [6.07, 6.45) is 1.26. The van der Waals surface area contributed by atoms with Gasteiger partial charge in [-0.25, -0.2) is 14.5 Å². The number of barbiturate groups is 1. The number of carboxylic acids is 1. The molecular weight excluding hydrogens is 480 g/mol. The number of anilines is 1. The van der Waals surface area contributed by atoms with Crippen LogP contribution in [0.1, 0.15) is 21.7 Å². The second-order valence-electron chi connectivity index (χ2n) is 6.97. The number of imide groups is 2. The van der Waals surface area contributed by atoms with E-state index in [4.69, 9.17) is 9.52 Å². The van der Waals surface area contributed by atoms with Gasteiger partial charge in [-0.1, -0.05) is 22.0 Å². The van der Waals surface area contributed by atoms with Crippen LogP contribution in [0.3, 0.4) is 0 Å². The van der Waals surface area contributed by atoms with Gasteiger partial charge in [-0.2, -0.15) is 0 Å². The molecule has 3 aromatic rings. The molecule has 1 aliphatic rings. The molecule has 9 heteroatoms. The number of nitrogens with zero attached hydrogens (tertiary/aromatic N) is 1. The third-order valence-corrected chi connectivity index (χ3v) is 5.37. The van der Waals surface area contributed by atoms with Crippen LogP contribution in [0.25, 0.3) is 17.4 Å². The van der Waals surface area contributed by atoms with E-state index in [1.165, 1.54) is 18.2 Å². The SMILES string of the molecule is Cc1cc(C(=O)O)ccc1-c1ccc(/C=C2/C(=O)NC(=O)N(c3ccc(Br)cc3)C2=O)o1. The normalized spacial score (nSPS) is 15.2. The second-order valence-corrected chi connectivity index (χ2v) is 7.89. The molecule has 160 valence electrons. The van der Waals surface area contributed by atoms with Crippen molar-refractivity contribution in [3.05, 3.63) is 81.5 Å². The van der Waals surface area contributed by atoms with Gasteiger partial charge in [0.15, 0.2) is 0 Å². The molecule has 2 aromatic carbocycles. The molecule has 1 aliphatic heterocycles. The molecule has 2 N–H and O–H groups in total. The van der Waals surface area contributed by atoms with E-state index in [2.05, 4.69) is 21.2 Å². The summed E-state index contributed by atoms with van der Waals surface area (Å²) in [6.45, 7) is 1.75. The summed E-state index contributed by atoms with van der Waals surface area (Å²) in [5, 5.41) is 11.3. The van der Waals surface area contributed by atoms with Crippen molar-refractivity contribution in [1.82, 2.24) is 5.32 Å². The number of carbonyl (C=O) groups excluding carboxylic acids is 3. The molecule has 1 aromatic heterocycles. The van der Waals surface area contributed by atoms with Gasteiger partial charge in [0.1, 0.15) is 17.1 Å². The number of carbonyl (C=O) groups is 4. The van der Waals surface area contributed by atoms with Crippen molar-refractivity contribution >= 4 is 51.5 Å². The average molecular weight is 495 g/mol. The van der Waals surface area contributed by atoms with Gasteiger partial charge < -0.3 is 9.52 Å². The van der Waals surface area contributed by atoms with Gasteiger partial charge in [-0.05, 0) is 67.1 Å². The van der Waals surface area contributed by atoms with Crippen LogP contribution in [0.5, 0.6) is 0 Å². The van der Waals surface area contributed by atoms with E-state index in [1.807, 2.05) is 0 Å². The van der Waals surface area contributed by atoms with Gasteiger partial charge in [0.25, 0.3) is 11.8 Å². The zero-order valence-electron chi connectivity index (χ0n) is 16.6. The van der Waals surface area contributed by atoms with Crippen LogP contribution in [-0.4, -0.2) is 28.9 Å². The lowest BCUT2D eigenvalue weighted by molar-refractivity contribution is -0.122. The maximum Gasteiger partial charge on any atom is 0.335 e.